The van der Waals surface area contributed by atoms with Gasteiger partial charge in [0.25, 0.3) is 5.91 Å². The Balaban J connectivity index is 2.06. The van der Waals surface area contributed by atoms with Crippen LogP contribution in [0.3, 0.4) is 0 Å². The molecule has 0 aliphatic carbocycles. The molecule has 10 heteroatoms. The summed E-state index contributed by atoms with van der Waals surface area (Å²) in [5.41, 5.74) is 0.0893. The molecule has 0 fully saturated rings. The number of amides is 1. The first kappa shape index (κ1) is 19.7. The first-order valence-corrected chi connectivity index (χ1v) is 8.12. The number of benzene rings is 1. The molecule has 0 atom stereocenters. The van der Waals surface area contributed by atoms with Gasteiger partial charge in [0, 0.05) is 17.4 Å². The number of rotatable bonds is 3. The van der Waals surface area contributed by atoms with E-state index in [4.69, 9.17) is 0 Å². The number of fused-ring (bicyclic) bond motifs is 1. The summed E-state index contributed by atoms with van der Waals surface area (Å²) in [6.07, 6.45) is -5.82. The average Bonchev–Trinajstić information content (AvgIpc) is 3.01. The van der Waals surface area contributed by atoms with Gasteiger partial charge in [0.15, 0.2) is 11.3 Å². The molecule has 28 heavy (non-hydrogen) atoms. The molecule has 5 nitrogen and oxygen atoms in total. The topological polar surface area (TPSA) is 59.3 Å². The molecule has 3 rings (SSSR count). The molecular formula is C18H15F5N4O. The lowest BCUT2D eigenvalue weighted by Gasteiger charge is -2.20. The van der Waals surface area contributed by atoms with Crippen LogP contribution >= 0.6 is 0 Å². The van der Waals surface area contributed by atoms with Crippen molar-refractivity contribution in [3.8, 4) is 0 Å². The summed E-state index contributed by atoms with van der Waals surface area (Å²) in [4.78, 5) is 16.4. The second-order valence-corrected chi connectivity index (χ2v) is 6.36. The second-order valence-electron chi connectivity index (χ2n) is 6.36. The number of carbonyl (C=O) groups is 1. The highest BCUT2D eigenvalue weighted by atomic mass is 19.4. The van der Waals surface area contributed by atoms with E-state index in [9.17, 15) is 26.7 Å². The Hall–Kier alpha value is -3.04. The maximum absolute atomic E-state index is 13.9. The van der Waals surface area contributed by atoms with E-state index in [1.807, 2.05) is 13.0 Å². The zero-order valence-electron chi connectivity index (χ0n) is 15.0. The minimum absolute atomic E-state index is 0.0622. The lowest BCUT2D eigenvalue weighted by Crippen LogP contribution is -2.36. The highest BCUT2D eigenvalue weighted by Gasteiger charge is 2.60. The Labute approximate surface area is 156 Å². The fourth-order valence-electron chi connectivity index (χ4n) is 2.65. The van der Waals surface area contributed by atoms with Gasteiger partial charge in [0.05, 0.1) is 0 Å². The van der Waals surface area contributed by atoms with E-state index in [1.165, 1.54) is 6.92 Å². The van der Waals surface area contributed by atoms with Gasteiger partial charge in [-0.25, -0.2) is 9.50 Å². The molecule has 148 valence electrons. The Kier molecular flexibility index (Phi) is 4.60. The van der Waals surface area contributed by atoms with Crippen LogP contribution in [0.2, 0.25) is 0 Å². The molecule has 1 amide bonds. The Morgan fingerprint density at radius 2 is 1.75 bits per heavy atom. The summed E-state index contributed by atoms with van der Waals surface area (Å²) in [6.45, 7) is 4.90. The molecule has 1 aromatic carbocycles. The molecule has 0 bridgehead atoms. The van der Waals surface area contributed by atoms with Gasteiger partial charge in [-0.3, -0.25) is 4.79 Å². The van der Waals surface area contributed by atoms with Crippen LogP contribution < -0.4 is 5.32 Å². The lowest BCUT2D eigenvalue weighted by molar-refractivity contribution is -0.291. The number of nitrogens with one attached hydrogen (secondary N) is 1. The van der Waals surface area contributed by atoms with Crippen molar-refractivity contribution in [2.45, 2.75) is 32.9 Å². The van der Waals surface area contributed by atoms with E-state index in [2.05, 4.69) is 15.4 Å². The largest absolute Gasteiger partial charge is 0.459 e. The summed E-state index contributed by atoms with van der Waals surface area (Å²) >= 11 is 0. The third-order valence-electron chi connectivity index (χ3n) is 4.32. The zero-order valence-corrected chi connectivity index (χ0v) is 15.0. The number of hydrogen-bond donors (Lipinski definition) is 1. The van der Waals surface area contributed by atoms with Crippen molar-refractivity contribution in [1.82, 2.24) is 14.6 Å². The van der Waals surface area contributed by atoms with E-state index in [1.54, 1.807) is 19.1 Å². The van der Waals surface area contributed by atoms with Crippen LogP contribution in [0, 0.1) is 20.8 Å². The number of anilines is 1. The second kappa shape index (κ2) is 6.54. The summed E-state index contributed by atoms with van der Waals surface area (Å²) in [7, 11) is 0. The first-order valence-electron chi connectivity index (χ1n) is 8.12. The predicted octanol–water partition coefficient (Wildman–Crippen LogP) is 4.56. The number of halogens is 5. The molecular weight excluding hydrogens is 383 g/mol. The molecule has 0 unspecified atom stereocenters. The normalized spacial score (nSPS) is 12.4. The summed E-state index contributed by atoms with van der Waals surface area (Å²) < 4.78 is 66.6. The fourth-order valence-corrected chi connectivity index (χ4v) is 2.65. The van der Waals surface area contributed by atoms with E-state index in [0.29, 0.717) is 16.3 Å². The number of hydrogen-bond acceptors (Lipinski definition) is 3. The van der Waals surface area contributed by atoms with Crippen molar-refractivity contribution < 1.29 is 26.7 Å². The van der Waals surface area contributed by atoms with Gasteiger partial charge in [0.2, 0.25) is 0 Å². The zero-order chi connectivity index (χ0) is 20.9. The maximum atomic E-state index is 13.9. The van der Waals surface area contributed by atoms with E-state index < -0.39 is 23.7 Å². The highest BCUT2D eigenvalue weighted by Crippen LogP contribution is 2.43. The predicted molar refractivity (Wildman–Crippen MR) is 91.5 cm³/mol. The number of nitrogens with zero attached hydrogens (tertiary/aromatic N) is 3. The lowest BCUT2D eigenvalue weighted by atomic mass is 10.1. The number of alkyl halides is 5. The highest BCUT2D eigenvalue weighted by molar-refractivity contribution is 6.04. The van der Waals surface area contributed by atoms with Crippen molar-refractivity contribution in [3.05, 3.63) is 58.5 Å². The molecule has 0 spiro atoms. The summed E-state index contributed by atoms with van der Waals surface area (Å²) in [5.74, 6) is -5.91. The van der Waals surface area contributed by atoms with Crippen molar-refractivity contribution in [2.75, 3.05) is 5.32 Å². The van der Waals surface area contributed by atoms with Gasteiger partial charge in [-0.2, -0.15) is 27.1 Å². The van der Waals surface area contributed by atoms with Crippen molar-refractivity contribution in [3.63, 3.8) is 0 Å². The first-order chi connectivity index (χ1) is 12.9. The van der Waals surface area contributed by atoms with Gasteiger partial charge in [-0.15, -0.1) is 0 Å². The van der Waals surface area contributed by atoms with E-state index >= 15 is 0 Å². The number of aromatic nitrogens is 3. The Bertz CT molecular complexity index is 1070. The van der Waals surface area contributed by atoms with Gasteiger partial charge < -0.3 is 5.32 Å². The molecule has 0 radical (unpaired) electrons. The van der Waals surface area contributed by atoms with Crippen molar-refractivity contribution in [2.24, 2.45) is 0 Å². The summed E-state index contributed by atoms with van der Waals surface area (Å²) in [6, 6.07) is 6.85. The minimum Gasteiger partial charge on any atom is -0.320 e. The SMILES string of the molecule is Cc1cc(C(F)(F)C(F)(F)F)n2nc(C(=O)Nc3cccc(C)c3C)cc2n1. The van der Waals surface area contributed by atoms with Crippen LogP contribution in [0.1, 0.15) is 33.0 Å². The maximum Gasteiger partial charge on any atom is 0.459 e. The molecule has 0 saturated carbocycles. The Morgan fingerprint density at radius 3 is 2.39 bits per heavy atom. The van der Waals surface area contributed by atoms with Crippen LogP contribution in [-0.2, 0) is 5.92 Å². The smallest absolute Gasteiger partial charge is 0.320 e. The van der Waals surface area contributed by atoms with E-state index in [0.717, 1.165) is 17.2 Å². The van der Waals surface area contributed by atoms with Crippen molar-refractivity contribution >= 4 is 17.2 Å². The molecule has 3 aromatic rings. The molecule has 0 aliphatic heterocycles. The number of aryl methyl sites for hydroxylation is 2. The number of carbonyl (C=O) groups excluding carboxylic acids is 1. The minimum atomic E-state index is -5.82. The van der Waals surface area contributed by atoms with E-state index in [-0.39, 0.29) is 17.0 Å². The van der Waals surface area contributed by atoms with Gasteiger partial charge in [-0.05, 0) is 44.0 Å². The standard InChI is InChI=1S/C18H15F5N4O/c1-9-5-4-6-12(11(9)3)25-16(28)13-8-15-24-10(2)7-14(27(15)26-13)17(19,20)18(21,22)23/h4-8H,1-3H3,(H,25,28). The molecule has 0 aliphatic rings. The van der Waals surface area contributed by atoms with Gasteiger partial charge >= 0.3 is 12.1 Å². The molecule has 1 N–H and O–H groups in total. The van der Waals surface area contributed by atoms with Crippen molar-refractivity contribution in [1.29, 1.82) is 0 Å². The van der Waals surface area contributed by atoms with Crippen LogP contribution in [0.15, 0.2) is 30.3 Å². The fraction of sp³-hybridized carbons (Fsp3) is 0.278. The van der Waals surface area contributed by atoms with Crippen LogP contribution in [0.4, 0.5) is 27.6 Å². The quantitative estimate of drug-likeness (QED) is 0.658. The van der Waals surface area contributed by atoms with Crippen LogP contribution in [0.5, 0.6) is 0 Å². The van der Waals surface area contributed by atoms with Gasteiger partial charge in [-0.1, -0.05) is 12.1 Å². The molecule has 2 aromatic heterocycles. The summed E-state index contributed by atoms with van der Waals surface area (Å²) in [5, 5.41) is 6.22. The third-order valence-corrected chi connectivity index (χ3v) is 4.32. The average molecular weight is 398 g/mol. The van der Waals surface area contributed by atoms with Gasteiger partial charge in [0.1, 0.15) is 5.69 Å². The molecule has 0 saturated heterocycles. The Morgan fingerprint density at radius 1 is 1.07 bits per heavy atom. The van der Waals surface area contributed by atoms with Crippen LogP contribution in [-0.4, -0.2) is 26.7 Å². The molecule has 2 heterocycles. The van der Waals surface area contributed by atoms with Crippen LogP contribution in [0.25, 0.3) is 5.65 Å². The third kappa shape index (κ3) is 3.30. The monoisotopic (exact) mass is 398 g/mol.